The molecule has 0 spiro atoms. The maximum absolute atomic E-state index is 13.0. The summed E-state index contributed by atoms with van der Waals surface area (Å²) in [5.74, 6) is -1.76. The molecule has 1 aromatic rings. The number of quaternary nitrogens is 1. The van der Waals surface area contributed by atoms with Gasteiger partial charge in [-0.1, -0.05) is 6.07 Å². The topological polar surface area (TPSA) is 58.2 Å². The van der Waals surface area contributed by atoms with Crippen LogP contribution < -0.4 is 15.3 Å². The first-order valence-corrected chi connectivity index (χ1v) is 8.02. The molecule has 1 aliphatic rings. The van der Waals surface area contributed by atoms with E-state index >= 15 is 0 Å². The molecule has 2 amide bonds. The lowest BCUT2D eigenvalue weighted by Crippen LogP contribution is -2.61. The summed E-state index contributed by atoms with van der Waals surface area (Å²) in [4.78, 5) is 25.3. The van der Waals surface area contributed by atoms with Crippen LogP contribution in [0.5, 0.6) is 0 Å². The molecular weight excluding hydrogens is 335 g/mol. The number of halogens is 3. The minimum atomic E-state index is -4.50. The van der Waals surface area contributed by atoms with Gasteiger partial charge in [0, 0.05) is 31.1 Å². The van der Waals surface area contributed by atoms with Gasteiger partial charge in [-0.15, -0.1) is 0 Å². The van der Waals surface area contributed by atoms with Crippen molar-refractivity contribution in [2.24, 2.45) is 5.92 Å². The van der Waals surface area contributed by atoms with Crippen LogP contribution in [0.25, 0.3) is 0 Å². The molecule has 0 saturated carbocycles. The van der Waals surface area contributed by atoms with E-state index in [0.717, 1.165) is 12.1 Å². The predicted molar refractivity (Wildman–Crippen MR) is 88.2 cm³/mol. The van der Waals surface area contributed by atoms with Gasteiger partial charge in [-0.2, -0.15) is 23.2 Å². The molecular formula is C17H23F3N3O2+. The molecule has 2 atom stereocenters. The van der Waals surface area contributed by atoms with Gasteiger partial charge in [-0.25, -0.2) is 4.79 Å². The number of hydrogen-bond donors (Lipinski definition) is 2. The highest BCUT2D eigenvalue weighted by Crippen LogP contribution is 2.36. The van der Waals surface area contributed by atoms with E-state index in [-0.39, 0.29) is 18.7 Å². The summed E-state index contributed by atoms with van der Waals surface area (Å²) in [5.41, 5.74) is 1.66. The van der Waals surface area contributed by atoms with Gasteiger partial charge in [-0.3, -0.25) is 4.79 Å². The van der Waals surface area contributed by atoms with Crippen molar-refractivity contribution in [3.63, 3.8) is 0 Å². The lowest BCUT2D eigenvalue weighted by atomic mass is 10.0. The molecule has 5 nitrogen and oxygen atoms in total. The van der Waals surface area contributed by atoms with E-state index in [1.54, 1.807) is 20.8 Å². The van der Waals surface area contributed by atoms with Crippen molar-refractivity contribution in [3.05, 3.63) is 29.8 Å². The van der Waals surface area contributed by atoms with E-state index in [0.29, 0.717) is 0 Å². The largest absolute Gasteiger partial charge is 0.416 e. The molecule has 0 aromatic heterocycles. The van der Waals surface area contributed by atoms with Crippen molar-refractivity contribution in [3.8, 4) is 0 Å². The molecule has 2 N–H and O–H groups in total. The normalized spacial score (nSPS) is 24.4. The molecule has 0 bridgehead atoms. The second kappa shape index (κ2) is 6.42. The van der Waals surface area contributed by atoms with Crippen molar-refractivity contribution >= 4 is 17.5 Å². The molecule has 138 valence electrons. The molecule has 8 heteroatoms. The fourth-order valence-corrected chi connectivity index (χ4v) is 3.05. The minimum Gasteiger partial charge on any atom is -0.351 e. The zero-order chi connectivity index (χ0) is 19.0. The van der Waals surface area contributed by atoms with Crippen LogP contribution in [-0.4, -0.2) is 30.9 Å². The third-order valence-electron chi connectivity index (χ3n) is 4.24. The number of carbonyl (C=O) groups is 2. The minimum absolute atomic E-state index is 0.174. The van der Waals surface area contributed by atoms with Gasteiger partial charge in [0.2, 0.25) is 5.91 Å². The first-order valence-electron chi connectivity index (χ1n) is 8.02. The summed E-state index contributed by atoms with van der Waals surface area (Å²) in [6.07, 6.45) is -4.24. The Balaban J connectivity index is 2.36. The number of benzene rings is 1. The summed E-state index contributed by atoms with van der Waals surface area (Å²) >= 11 is 0. The molecule has 1 aliphatic heterocycles. The quantitative estimate of drug-likeness (QED) is 0.645. The SMILES string of the molecule is CN[N+]1(c2cccc(C(F)(F)F)c2)CCC(C(=O)NC(C)(C)C)C1=O. The summed E-state index contributed by atoms with van der Waals surface area (Å²) < 4.78 is 38.5. The Bertz CT molecular complexity index is 682. The lowest BCUT2D eigenvalue weighted by Gasteiger charge is -2.30. The number of nitrogens with zero attached hydrogens (tertiary/aromatic N) is 1. The summed E-state index contributed by atoms with van der Waals surface area (Å²) in [6.45, 7) is 5.62. The standard InChI is InChI=1S/C17H22F3N3O2/c1-16(2,3)22-14(24)13-8-9-23(21-4,15(13)25)12-7-5-6-11(10-12)17(18,19)20/h5-7,10,13,21H,8-9H2,1-4H3/p+1. The van der Waals surface area contributed by atoms with Gasteiger partial charge < -0.3 is 5.32 Å². The maximum Gasteiger partial charge on any atom is 0.416 e. The number of amides is 2. The first kappa shape index (κ1) is 19.4. The summed E-state index contributed by atoms with van der Waals surface area (Å²) in [7, 11) is 1.50. The molecule has 1 aromatic carbocycles. The van der Waals surface area contributed by atoms with E-state index < -0.39 is 39.6 Å². The Kier molecular flexibility index (Phi) is 4.98. The highest BCUT2D eigenvalue weighted by Gasteiger charge is 2.53. The van der Waals surface area contributed by atoms with Gasteiger partial charge in [-0.05, 0) is 26.8 Å². The first-order chi connectivity index (χ1) is 11.4. The Morgan fingerprint density at radius 2 is 1.88 bits per heavy atom. The Morgan fingerprint density at radius 3 is 2.40 bits per heavy atom. The molecule has 2 rings (SSSR count). The summed E-state index contributed by atoms with van der Waals surface area (Å²) in [6, 6.07) is 4.65. The number of hydrogen-bond acceptors (Lipinski definition) is 3. The van der Waals surface area contributed by atoms with Crippen LogP contribution in [0.3, 0.4) is 0 Å². The molecule has 25 heavy (non-hydrogen) atoms. The maximum atomic E-state index is 13.0. The highest BCUT2D eigenvalue weighted by atomic mass is 19.4. The van der Waals surface area contributed by atoms with Crippen LogP contribution in [0.15, 0.2) is 24.3 Å². The van der Waals surface area contributed by atoms with Gasteiger partial charge in [0.05, 0.1) is 5.56 Å². The van der Waals surface area contributed by atoms with Crippen LogP contribution in [0, 0.1) is 5.92 Å². The number of nitrogens with one attached hydrogen (secondary N) is 2. The van der Waals surface area contributed by atoms with E-state index in [2.05, 4.69) is 10.7 Å². The number of alkyl halides is 3. The van der Waals surface area contributed by atoms with Crippen LogP contribution in [0.4, 0.5) is 18.9 Å². The smallest absolute Gasteiger partial charge is 0.351 e. The van der Waals surface area contributed by atoms with Crippen LogP contribution in [-0.2, 0) is 15.8 Å². The lowest BCUT2D eigenvalue weighted by molar-refractivity contribution is -0.140. The Hall–Kier alpha value is -1.93. The zero-order valence-corrected chi connectivity index (χ0v) is 14.7. The van der Waals surface area contributed by atoms with Crippen molar-refractivity contribution < 1.29 is 22.8 Å². The van der Waals surface area contributed by atoms with E-state index in [9.17, 15) is 22.8 Å². The summed E-state index contributed by atoms with van der Waals surface area (Å²) in [5, 5.41) is 2.76. The average Bonchev–Trinajstić information content (AvgIpc) is 2.83. The average molecular weight is 358 g/mol. The third kappa shape index (κ3) is 3.85. The Labute approximate surface area is 144 Å². The third-order valence-corrected chi connectivity index (χ3v) is 4.24. The molecule has 2 unspecified atom stereocenters. The second-order valence-electron chi connectivity index (χ2n) is 7.22. The fraction of sp³-hybridized carbons (Fsp3) is 0.529. The molecule has 1 heterocycles. The monoisotopic (exact) mass is 358 g/mol. The van der Waals surface area contributed by atoms with Crippen molar-refractivity contribution in [1.82, 2.24) is 15.3 Å². The molecule has 1 fully saturated rings. The number of carbonyl (C=O) groups excluding carboxylic acids is 2. The van der Waals surface area contributed by atoms with Gasteiger partial charge in [0.15, 0.2) is 11.6 Å². The predicted octanol–water partition coefficient (Wildman–Crippen LogP) is 2.61. The molecule has 0 radical (unpaired) electrons. The van der Waals surface area contributed by atoms with Crippen LogP contribution >= 0.6 is 0 Å². The van der Waals surface area contributed by atoms with E-state index in [4.69, 9.17) is 0 Å². The fourth-order valence-electron chi connectivity index (χ4n) is 3.05. The van der Waals surface area contributed by atoms with Crippen molar-refractivity contribution in [1.29, 1.82) is 0 Å². The Morgan fingerprint density at radius 1 is 1.24 bits per heavy atom. The number of rotatable bonds is 3. The van der Waals surface area contributed by atoms with Gasteiger partial charge in [0.25, 0.3) is 0 Å². The van der Waals surface area contributed by atoms with Gasteiger partial charge in [0.1, 0.15) is 6.54 Å². The van der Waals surface area contributed by atoms with E-state index in [1.807, 2.05) is 0 Å². The second-order valence-corrected chi connectivity index (χ2v) is 7.22. The van der Waals surface area contributed by atoms with Crippen LogP contribution in [0.2, 0.25) is 0 Å². The zero-order valence-electron chi connectivity index (χ0n) is 14.7. The molecule has 0 aliphatic carbocycles. The van der Waals surface area contributed by atoms with Crippen LogP contribution in [0.1, 0.15) is 32.8 Å². The van der Waals surface area contributed by atoms with Gasteiger partial charge >= 0.3 is 12.1 Å². The van der Waals surface area contributed by atoms with E-state index in [1.165, 1.54) is 19.2 Å². The molecule has 1 saturated heterocycles. The van der Waals surface area contributed by atoms with Crippen molar-refractivity contribution in [2.45, 2.75) is 38.9 Å². The highest BCUT2D eigenvalue weighted by molar-refractivity contribution is 6.06. The van der Waals surface area contributed by atoms with Crippen molar-refractivity contribution in [2.75, 3.05) is 13.6 Å².